The van der Waals surface area contributed by atoms with Crippen molar-refractivity contribution in [3.8, 4) is 6.07 Å². The highest BCUT2D eigenvalue weighted by Gasteiger charge is 2.17. The highest BCUT2D eigenvalue weighted by atomic mass is 16.1. The Bertz CT molecular complexity index is 617. The number of nitriles is 1. The van der Waals surface area contributed by atoms with E-state index in [0.717, 1.165) is 30.2 Å². The number of aryl methyl sites for hydroxylation is 1. The van der Waals surface area contributed by atoms with Gasteiger partial charge in [0.1, 0.15) is 0 Å². The largest absolute Gasteiger partial charge is 0.347 e. The average Bonchev–Trinajstić information content (AvgIpc) is 2.75. The maximum Gasteiger partial charge on any atom is 0.152 e. The number of hydrogen-bond acceptors (Lipinski definition) is 2. The van der Waals surface area contributed by atoms with Crippen LogP contribution in [0.1, 0.15) is 30.6 Å². The summed E-state index contributed by atoms with van der Waals surface area (Å²) >= 11 is 0. The van der Waals surface area contributed by atoms with Crippen LogP contribution < -0.4 is 0 Å². The summed E-state index contributed by atoms with van der Waals surface area (Å²) in [6, 6.07) is 10.1. The normalized spacial score (nSPS) is 11.4. The molecule has 0 bridgehead atoms. The minimum absolute atomic E-state index is 0.341. The van der Waals surface area contributed by atoms with Gasteiger partial charge in [-0.05, 0) is 26.3 Å². The predicted octanol–water partition coefficient (Wildman–Crippen LogP) is 3.39. The van der Waals surface area contributed by atoms with E-state index in [9.17, 15) is 4.79 Å². The van der Waals surface area contributed by atoms with E-state index in [2.05, 4.69) is 10.6 Å². The molecular formula is C15H16N2O. The Morgan fingerprint density at radius 1 is 1.39 bits per heavy atom. The summed E-state index contributed by atoms with van der Waals surface area (Å²) in [5.74, 6) is 0. The first-order valence-electron chi connectivity index (χ1n) is 6.02. The third-order valence-electron chi connectivity index (χ3n) is 3.23. The highest BCUT2D eigenvalue weighted by molar-refractivity contribution is 5.97. The molecule has 2 rings (SSSR count). The van der Waals surface area contributed by atoms with Crippen molar-refractivity contribution >= 4 is 17.2 Å². The van der Waals surface area contributed by atoms with E-state index in [0.29, 0.717) is 5.56 Å². The van der Waals surface area contributed by atoms with Gasteiger partial charge in [0.05, 0.1) is 11.5 Å². The van der Waals surface area contributed by atoms with Crippen molar-refractivity contribution in [2.75, 3.05) is 0 Å². The lowest BCUT2D eigenvalue weighted by Gasteiger charge is -2.15. The Hall–Kier alpha value is -2.08. The van der Waals surface area contributed by atoms with Gasteiger partial charge in [-0.1, -0.05) is 18.2 Å². The fourth-order valence-electron chi connectivity index (χ4n) is 2.01. The highest BCUT2D eigenvalue weighted by Crippen LogP contribution is 2.24. The maximum absolute atomic E-state index is 11.0. The van der Waals surface area contributed by atoms with Gasteiger partial charge in [0.25, 0.3) is 0 Å². The number of nitrogens with zero attached hydrogens (tertiary/aromatic N) is 2. The summed E-state index contributed by atoms with van der Waals surface area (Å²) in [5.41, 5.74) is 1.42. The van der Waals surface area contributed by atoms with Gasteiger partial charge in [0.2, 0.25) is 0 Å². The molecule has 1 aromatic heterocycles. The number of benzene rings is 1. The smallest absolute Gasteiger partial charge is 0.152 e. The summed E-state index contributed by atoms with van der Waals surface area (Å²) < 4.78 is 2.05. The SMILES string of the molecule is CC(C)(C#N)CCn1cc(C=O)c2ccccc21. The Labute approximate surface area is 107 Å². The summed E-state index contributed by atoms with van der Waals surface area (Å²) in [7, 11) is 0. The molecule has 0 atom stereocenters. The van der Waals surface area contributed by atoms with Gasteiger partial charge in [0, 0.05) is 29.2 Å². The number of carbonyl (C=O) groups excluding carboxylic acids is 1. The molecule has 0 saturated carbocycles. The summed E-state index contributed by atoms with van der Waals surface area (Å²) in [4.78, 5) is 11.0. The first-order chi connectivity index (χ1) is 8.57. The standard InChI is InChI=1S/C15H16N2O/c1-15(2,11-16)7-8-17-9-12(10-18)13-5-3-4-6-14(13)17/h3-6,9-10H,7-8H2,1-2H3. The zero-order valence-corrected chi connectivity index (χ0v) is 10.7. The van der Waals surface area contributed by atoms with Gasteiger partial charge >= 0.3 is 0 Å². The summed E-state index contributed by atoms with van der Waals surface area (Å²) in [6.07, 6.45) is 3.51. The van der Waals surface area contributed by atoms with E-state index in [1.54, 1.807) is 0 Å². The van der Waals surface area contributed by atoms with E-state index < -0.39 is 0 Å². The van der Waals surface area contributed by atoms with E-state index >= 15 is 0 Å². The van der Waals surface area contributed by atoms with Gasteiger partial charge in [-0.2, -0.15) is 5.26 Å². The molecule has 18 heavy (non-hydrogen) atoms. The lowest BCUT2D eigenvalue weighted by atomic mass is 9.91. The van der Waals surface area contributed by atoms with Crippen molar-refractivity contribution in [1.82, 2.24) is 4.57 Å². The molecule has 0 amide bonds. The van der Waals surface area contributed by atoms with Gasteiger partial charge in [-0.3, -0.25) is 4.79 Å². The van der Waals surface area contributed by atoms with E-state index in [-0.39, 0.29) is 5.41 Å². The minimum atomic E-state index is -0.341. The molecule has 0 spiro atoms. The van der Waals surface area contributed by atoms with Crippen molar-refractivity contribution in [2.45, 2.75) is 26.8 Å². The molecule has 92 valence electrons. The molecule has 0 saturated heterocycles. The van der Waals surface area contributed by atoms with Gasteiger partial charge in [0.15, 0.2) is 6.29 Å². The number of para-hydroxylation sites is 1. The van der Waals surface area contributed by atoms with Crippen molar-refractivity contribution < 1.29 is 4.79 Å². The molecule has 0 unspecified atom stereocenters. The number of hydrogen-bond donors (Lipinski definition) is 0. The number of fused-ring (bicyclic) bond motifs is 1. The van der Waals surface area contributed by atoms with Crippen LogP contribution in [0.25, 0.3) is 10.9 Å². The monoisotopic (exact) mass is 240 g/mol. The van der Waals surface area contributed by atoms with Gasteiger partial charge in [-0.15, -0.1) is 0 Å². The molecule has 1 aromatic carbocycles. The molecular weight excluding hydrogens is 224 g/mol. The van der Waals surface area contributed by atoms with E-state index in [1.165, 1.54) is 0 Å². The van der Waals surface area contributed by atoms with Crippen LogP contribution in [0.3, 0.4) is 0 Å². The van der Waals surface area contributed by atoms with Crippen LogP contribution in [-0.4, -0.2) is 10.9 Å². The zero-order chi connectivity index (χ0) is 13.2. The number of carbonyl (C=O) groups is 1. The number of rotatable bonds is 4. The maximum atomic E-state index is 11.0. The molecule has 2 aromatic rings. The average molecular weight is 240 g/mol. The topological polar surface area (TPSA) is 45.8 Å². The van der Waals surface area contributed by atoms with Crippen molar-refractivity contribution in [1.29, 1.82) is 5.26 Å². The van der Waals surface area contributed by atoms with Crippen molar-refractivity contribution in [3.05, 3.63) is 36.0 Å². The molecule has 0 aliphatic rings. The fraction of sp³-hybridized carbons (Fsp3) is 0.333. The Balaban J connectivity index is 2.35. The van der Waals surface area contributed by atoms with E-state index in [1.807, 2.05) is 44.3 Å². The third kappa shape index (κ3) is 2.28. The third-order valence-corrected chi connectivity index (χ3v) is 3.23. The second-order valence-corrected chi connectivity index (χ2v) is 5.16. The van der Waals surface area contributed by atoms with Gasteiger partial charge < -0.3 is 4.57 Å². The van der Waals surface area contributed by atoms with Crippen LogP contribution in [-0.2, 0) is 6.54 Å². The minimum Gasteiger partial charge on any atom is -0.347 e. The molecule has 0 fully saturated rings. The van der Waals surface area contributed by atoms with Crippen LogP contribution in [0.4, 0.5) is 0 Å². The molecule has 3 heteroatoms. The number of aldehydes is 1. The zero-order valence-electron chi connectivity index (χ0n) is 10.7. The van der Waals surface area contributed by atoms with Crippen molar-refractivity contribution in [3.63, 3.8) is 0 Å². The van der Waals surface area contributed by atoms with Crippen LogP contribution in [0.5, 0.6) is 0 Å². The Kier molecular flexibility index (Phi) is 3.20. The van der Waals surface area contributed by atoms with Crippen LogP contribution in [0, 0.1) is 16.7 Å². The Morgan fingerprint density at radius 3 is 2.78 bits per heavy atom. The van der Waals surface area contributed by atoms with Gasteiger partial charge in [-0.25, -0.2) is 0 Å². The summed E-state index contributed by atoms with van der Waals surface area (Å²) in [6.45, 7) is 4.60. The summed E-state index contributed by atoms with van der Waals surface area (Å²) in [5, 5.41) is 10.00. The molecule has 3 nitrogen and oxygen atoms in total. The molecule has 1 heterocycles. The Morgan fingerprint density at radius 2 is 2.11 bits per heavy atom. The molecule has 0 aliphatic heterocycles. The van der Waals surface area contributed by atoms with E-state index in [4.69, 9.17) is 5.26 Å². The molecule has 0 N–H and O–H groups in total. The lowest BCUT2D eigenvalue weighted by molar-refractivity contribution is 0.112. The second-order valence-electron chi connectivity index (χ2n) is 5.16. The van der Waals surface area contributed by atoms with Crippen LogP contribution in [0.2, 0.25) is 0 Å². The first kappa shape index (κ1) is 12.4. The second kappa shape index (κ2) is 4.66. The first-order valence-corrected chi connectivity index (χ1v) is 6.02. The predicted molar refractivity (Wildman–Crippen MR) is 71.3 cm³/mol. The fourth-order valence-corrected chi connectivity index (χ4v) is 2.01. The number of aromatic nitrogens is 1. The van der Waals surface area contributed by atoms with Crippen LogP contribution in [0.15, 0.2) is 30.5 Å². The quantitative estimate of drug-likeness (QED) is 0.769. The lowest BCUT2D eigenvalue weighted by Crippen LogP contribution is -2.11. The molecule has 0 radical (unpaired) electrons. The van der Waals surface area contributed by atoms with Crippen molar-refractivity contribution in [2.24, 2.45) is 5.41 Å². The van der Waals surface area contributed by atoms with Crippen LogP contribution >= 0.6 is 0 Å². The molecule has 0 aliphatic carbocycles.